The molecule has 0 saturated carbocycles. The average molecular weight is 255 g/mol. The molecule has 1 amide bonds. The van der Waals surface area contributed by atoms with Crippen LogP contribution in [0.1, 0.15) is 19.8 Å². The van der Waals surface area contributed by atoms with Gasteiger partial charge in [-0.1, -0.05) is 0 Å². The summed E-state index contributed by atoms with van der Waals surface area (Å²) >= 11 is 0. The molecule has 0 aromatic carbocycles. The van der Waals surface area contributed by atoms with Crippen LogP contribution >= 0.6 is 15.8 Å². The summed E-state index contributed by atoms with van der Waals surface area (Å²) in [7, 11) is -0.557. The van der Waals surface area contributed by atoms with Crippen LogP contribution in [0.5, 0.6) is 0 Å². The Labute approximate surface area is 96.2 Å². The van der Waals surface area contributed by atoms with Crippen LogP contribution in [0.2, 0.25) is 0 Å². The Bertz CT molecular complexity index is 492. The molecular formula is C10H11NO3P2. The summed E-state index contributed by atoms with van der Waals surface area (Å²) in [6, 6.07) is 0. The molecule has 0 aliphatic rings. The second-order valence-corrected chi connectivity index (χ2v) is 3.77. The number of carbonyl (C=O) groups excluding carboxylic acids is 1. The van der Waals surface area contributed by atoms with Crippen molar-refractivity contribution in [2.24, 2.45) is 5.73 Å². The maximum atomic E-state index is 10.5. The molecule has 0 saturated heterocycles. The van der Waals surface area contributed by atoms with Crippen LogP contribution in [-0.2, 0) is 13.9 Å². The van der Waals surface area contributed by atoms with Crippen LogP contribution in [0.4, 0.5) is 0 Å². The van der Waals surface area contributed by atoms with Gasteiger partial charge in [-0.05, 0) is 0 Å². The average Bonchev–Trinajstić information content (AvgIpc) is 2.17. The third kappa shape index (κ3) is 8.29. The van der Waals surface area contributed by atoms with Crippen molar-refractivity contribution in [1.82, 2.24) is 0 Å². The van der Waals surface area contributed by atoms with Gasteiger partial charge in [-0.15, -0.1) is 0 Å². The van der Waals surface area contributed by atoms with Crippen LogP contribution in [0.15, 0.2) is 23.3 Å². The van der Waals surface area contributed by atoms with E-state index < -0.39 is 5.91 Å². The number of nitrogens with two attached hydrogens (primary N) is 1. The molecule has 16 heavy (non-hydrogen) atoms. The Morgan fingerprint density at radius 1 is 1.31 bits per heavy atom. The first-order chi connectivity index (χ1) is 7.60. The molecule has 0 unspecified atom stereocenters. The van der Waals surface area contributed by atoms with Crippen molar-refractivity contribution in [1.29, 1.82) is 0 Å². The van der Waals surface area contributed by atoms with Gasteiger partial charge in [0.05, 0.1) is 0 Å². The van der Waals surface area contributed by atoms with Gasteiger partial charge < -0.3 is 0 Å². The predicted octanol–water partition coefficient (Wildman–Crippen LogP) is 2.63. The zero-order valence-electron chi connectivity index (χ0n) is 8.77. The van der Waals surface area contributed by atoms with Gasteiger partial charge in [-0.3, -0.25) is 0 Å². The molecular weight excluding hydrogens is 244 g/mol. The molecule has 0 spiro atoms. The van der Waals surface area contributed by atoms with Gasteiger partial charge in [0.1, 0.15) is 0 Å². The standard InChI is InChI=1S/C10H11NO3P2/c1-8(5-10(11)12)3-2-4-9(6-15-13)7-16-14/h4-5H,2-3H2,1H3,(H2,11,12)/b8-5-. The van der Waals surface area contributed by atoms with E-state index in [4.69, 9.17) is 5.73 Å². The maximum absolute atomic E-state index is 10.5. The van der Waals surface area contributed by atoms with Gasteiger partial charge in [0, 0.05) is 0 Å². The molecule has 2 N–H and O–H groups in total. The molecule has 6 heteroatoms. The Morgan fingerprint density at radius 2 is 1.88 bits per heavy atom. The van der Waals surface area contributed by atoms with Crippen LogP contribution in [0, 0.1) is 11.3 Å². The molecule has 0 atom stereocenters. The second kappa shape index (κ2) is 9.21. The third-order valence-corrected chi connectivity index (χ3v) is 2.27. The molecule has 0 bridgehead atoms. The quantitative estimate of drug-likeness (QED) is 0.619. The Morgan fingerprint density at radius 3 is 2.31 bits per heavy atom. The van der Waals surface area contributed by atoms with Crippen molar-refractivity contribution in [3.05, 3.63) is 23.3 Å². The van der Waals surface area contributed by atoms with E-state index in [1.165, 1.54) is 6.08 Å². The zero-order valence-corrected chi connectivity index (χ0v) is 10.6. The van der Waals surface area contributed by atoms with Gasteiger partial charge in [-0.2, -0.15) is 0 Å². The van der Waals surface area contributed by atoms with Crippen LogP contribution in [-0.4, -0.2) is 5.91 Å². The van der Waals surface area contributed by atoms with Crippen molar-refractivity contribution in [2.45, 2.75) is 19.8 Å². The van der Waals surface area contributed by atoms with E-state index >= 15 is 0 Å². The third-order valence-electron chi connectivity index (χ3n) is 1.61. The predicted molar refractivity (Wildman–Crippen MR) is 63.3 cm³/mol. The van der Waals surface area contributed by atoms with Gasteiger partial charge in [0.2, 0.25) is 0 Å². The molecule has 0 aliphatic heterocycles. The van der Waals surface area contributed by atoms with E-state index in [1.807, 2.05) is 0 Å². The van der Waals surface area contributed by atoms with Crippen LogP contribution in [0.3, 0.4) is 0 Å². The van der Waals surface area contributed by atoms with Crippen molar-refractivity contribution < 1.29 is 13.9 Å². The van der Waals surface area contributed by atoms with Crippen molar-refractivity contribution in [3.8, 4) is 11.3 Å². The Hall–Kier alpha value is -1.03. The monoisotopic (exact) mass is 255 g/mol. The van der Waals surface area contributed by atoms with E-state index in [1.54, 1.807) is 13.0 Å². The van der Waals surface area contributed by atoms with Crippen LogP contribution in [0.25, 0.3) is 0 Å². The Kier molecular flexibility index (Phi) is 8.62. The number of carbonyl (C=O) groups is 1. The summed E-state index contributed by atoms with van der Waals surface area (Å²) in [4.78, 5) is 10.5. The molecule has 0 aromatic rings. The summed E-state index contributed by atoms with van der Waals surface area (Å²) in [5, 5.41) is 0. The van der Waals surface area contributed by atoms with Crippen molar-refractivity contribution in [2.75, 3.05) is 0 Å². The number of primary amides is 1. The molecule has 0 aromatic heterocycles. The first-order valence-electron chi connectivity index (χ1n) is 4.43. The number of hydrogen-bond acceptors (Lipinski definition) is 3. The van der Waals surface area contributed by atoms with E-state index in [-0.39, 0.29) is 15.8 Å². The molecule has 0 rings (SSSR count). The summed E-state index contributed by atoms with van der Waals surface area (Å²) in [6.07, 6.45) is 4.29. The SMILES string of the molecule is C/C(=C/C(N)=O)CCC=C(C#P=O)C#P=O. The number of allylic oxidation sites excluding steroid dienone is 3. The first-order valence-corrected chi connectivity index (χ1v) is 6.06. The fraction of sp³-hybridized carbons (Fsp3) is 0.300. The summed E-state index contributed by atoms with van der Waals surface area (Å²) in [6.45, 7) is 1.79. The van der Waals surface area contributed by atoms with E-state index in [0.29, 0.717) is 18.4 Å². The normalized spacial score (nSPS) is 9.69. The van der Waals surface area contributed by atoms with Gasteiger partial charge in [-0.25, -0.2) is 0 Å². The van der Waals surface area contributed by atoms with E-state index in [2.05, 4.69) is 11.3 Å². The van der Waals surface area contributed by atoms with Gasteiger partial charge in [0.25, 0.3) is 0 Å². The summed E-state index contributed by atoms with van der Waals surface area (Å²) < 4.78 is 20.5. The van der Waals surface area contributed by atoms with E-state index in [9.17, 15) is 13.9 Å². The number of hydrogen-bond donors (Lipinski definition) is 1. The number of rotatable bonds is 4. The number of amides is 1. The minimum atomic E-state index is -0.478. The first kappa shape index (κ1) is 15.0. The van der Waals surface area contributed by atoms with Crippen LogP contribution < -0.4 is 5.73 Å². The zero-order chi connectivity index (χ0) is 12.4. The van der Waals surface area contributed by atoms with Crippen molar-refractivity contribution >= 4 is 21.7 Å². The molecule has 0 heterocycles. The minimum absolute atomic E-state index is 0.278. The summed E-state index contributed by atoms with van der Waals surface area (Å²) in [5.41, 5.74) is 11.1. The second-order valence-electron chi connectivity index (χ2n) is 2.96. The fourth-order valence-electron chi connectivity index (χ4n) is 0.974. The molecule has 0 radical (unpaired) electrons. The molecule has 84 valence electrons. The topological polar surface area (TPSA) is 77.2 Å². The summed E-state index contributed by atoms with van der Waals surface area (Å²) in [5.74, 6) is -0.478. The molecule has 0 fully saturated rings. The van der Waals surface area contributed by atoms with Crippen molar-refractivity contribution in [3.63, 3.8) is 0 Å². The van der Waals surface area contributed by atoms with E-state index in [0.717, 1.165) is 5.57 Å². The molecule has 0 aliphatic carbocycles. The molecule has 4 nitrogen and oxygen atoms in total. The Balaban J connectivity index is 4.49. The van der Waals surface area contributed by atoms with Gasteiger partial charge in [0.15, 0.2) is 0 Å². The van der Waals surface area contributed by atoms with Gasteiger partial charge >= 0.3 is 95.7 Å². The fourth-order valence-corrected chi connectivity index (χ4v) is 1.55.